The van der Waals surface area contributed by atoms with E-state index in [1.54, 1.807) is 22.3 Å². The Morgan fingerprint density at radius 3 is 2.42 bits per heavy atom. The van der Waals surface area contributed by atoms with Gasteiger partial charge in [0.05, 0.1) is 23.0 Å². The summed E-state index contributed by atoms with van der Waals surface area (Å²) < 4.78 is 14.2. The molecule has 36 heavy (non-hydrogen) atoms. The normalized spacial score (nSPS) is 20.3. The molecule has 2 aliphatic heterocycles. The van der Waals surface area contributed by atoms with Gasteiger partial charge in [-0.2, -0.15) is 0 Å². The molecule has 5 nitrogen and oxygen atoms in total. The fraction of sp³-hybridized carbons (Fsp3) is 0.357. The van der Waals surface area contributed by atoms with E-state index in [4.69, 9.17) is 11.6 Å². The van der Waals surface area contributed by atoms with Crippen LogP contribution >= 0.6 is 22.9 Å². The van der Waals surface area contributed by atoms with Crippen molar-refractivity contribution in [2.45, 2.75) is 18.9 Å². The number of hydrogen-bond acceptors (Lipinski definition) is 4. The van der Waals surface area contributed by atoms with E-state index in [1.165, 1.54) is 12.1 Å². The van der Waals surface area contributed by atoms with Crippen LogP contribution in [0.25, 0.3) is 0 Å². The molecule has 2 amide bonds. The van der Waals surface area contributed by atoms with Crippen LogP contribution in [-0.4, -0.2) is 54.3 Å². The largest absolute Gasteiger partial charge is 0.349 e. The summed E-state index contributed by atoms with van der Waals surface area (Å²) in [6.07, 6.45) is 1.21. The summed E-state index contributed by atoms with van der Waals surface area (Å²) in [5.41, 5.74) is 1.08. The molecular weight excluding hydrogens is 497 g/mol. The second kappa shape index (κ2) is 11.1. The highest BCUT2D eigenvalue weighted by Crippen LogP contribution is 2.33. The van der Waals surface area contributed by atoms with Crippen molar-refractivity contribution in [3.8, 4) is 0 Å². The highest BCUT2D eigenvalue weighted by atomic mass is 35.5. The number of benzene rings is 2. The highest BCUT2D eigenvalue weighted by molar-refractivity contribution is 7.10. The Morgan fingerprint density at radius 1 is 1.00 bits per heavy atom. The predicted octanol–water partition coefficient (Wildman–Crippen LogP) is 5.03. The van der Waals surface area contributed by atoms with Gasteiger partial charge in [0.1, 0.15) is 5.82 Å². The number of thiophene rings is 1. The zero-order chi connectivity index (χ0) is 25.1. The number of amides is 2. The summed E-state index contributed by atoms with van der Waals surface area (Å²) in [4.78, 5) is 30.9. The van der Waals surface area contributed by atoms with Crippen LogP contribution in [0.15, 0.2) is 66.0 Å². The zero-order valence-electron chi connectivity index (χ0n) is 19.9. The molecule has 0 spiro atoms. The van der Waals surface area contributed by atoms with Gasteiger partial charge in [0, 0.05) is 37.6 Å². The number of rotatable bonds is 8. The maximum absolute atomic E-state index is 14.2. The third kappa shape index (κ3) is 5.64. The molecule has 2 fully saturated rings. The lowest BCUT2D eigenvalue weighted by atomic mass is 10.0. The Hall–Kier alpha value is -2.74. The minimum atomic E-state index is -0.570. The van der Waals surface area contributed by atoms with Gasteiger partial charge in [0.25, 0.3) is 5.91 Å². The van der Waals surface area contributed by atoms with Gasteiger partial charge in [-0.05, 0) is 47.4 Å². The number of likely N-dealkylation sites (tertiary alicyclic amines) is 2. The molecule has 2 saturated heterocycles. The van der Waals surface area contributed by atoms with Crippen molar-refractivity contribution in [2.24, 2.45) is 11.8 Å². The fourth-order valence-corrected chi connectivity index (χ4v) is 6.38. The first-order valence-electron chi connectivity index (χ1n) is 12.3. The molecule has 5 rings (SSSR count). The minimum absolute atomic E-state index is 0.0278. The minimum Gasteiger partial charge on any atom is -0.349 e. The Morgan fingerprint density at radius 2 is 1.75 bits per heavy atom. The number of nitrogens with one attached hydrogen (secondary N) is 1. The standard InChI is InChI=1S/C28H29ClFN3O2S/c29-23-9-4-10-24(30)27(23)28(35)33-17-20-15-32(16-21(20)18-33)12-11-25(19-6-2-1-3-7-19)31-26(34)14-22-8-5-13-36-22/h1-10,13,20-21,25H,11-12,14-18H2,(H,31,34)/t20-,21?,25?/m0/s1. The van der Waals surface area contributed by atoms with Gasteiger partial charge in [-0.3, -0.25) is 9.59 Å². The van der Waals surface area contributed by atoms with Crippen LogP contribution in [0, 0.1) is 17.7 Å². The summed E-state index contributed by atoms with van der Waals surface area (Å²) in [5.74, 6) is -0.132. The van der Waals surface area contributed by atoms with E-state index >= 15 is 0 Å². The topological polar surface area (TPSA) is 52.7 Å². The Bertz CT molecular complexity index is 1170. The lowest BCUT2D eigenvalue weighted by molar-refractivity contribution is -0.121. The average molecular weight is 526 g/mol. The summed E-state index contributed by atoms with van der Waals surface area (Å²) in [6, 6.07) is 18.3. The molecule has 3 aromatic rings. The van der Waals surface area contributed by atoms with Gasteiger partial charge in [0.15, 0.2) is 0 Å². The van der Waals surface area contributed by atoms with Crippen molar-refractivity contribution >= 4 is 34.8 Å². The molecule has 2 aromatic carbocycles. The summed E-state index contributed by atoms with van der Waals surface area (Å²) in [5, 5.41) is 5.38. The van der Waals surface area contributed by atoms with Crippen LogP contribution in [0.3, 0.4) is 0 Å². The summed E-state index contributed by atoms with van der Waals surface area (Å²) >= 11 is 7.71. The van der Waals surface area contributed by atoms with Crippen molar-refractivity contribution in [3.63, 3.8) is 0 Å². The molecule has 0 radical (unpaired) electrons. The third-order valence-corrected chi connectivity index (χ3v) is 8.40. The van der Waals surface area contributed by atoms with Gasteiger partial charge in [-0.15, -0.1) is 11.3 Å². The van der Waals surface area contributed by atoms with E-state index in [2.05, 4.69) is 22.3 Å². The van der Waals surface area contributed by atoms with E-state index in [0.717, 1.165) is 36.5 Å². The molecule has 8 heteroatoms. The Balaban J connectivity index is 1.16. The fourth-order valence-electron chi connectivity index (χ4n) is 5.43. The molecule has 2 aliphatic rings. The Labute approximate surface area is 219 Å². The van der Waals surface area contributed by atoms with Crippen LogP contribution in [0.2, 0.25) is 5.02 Å². The van der Waals surface area contributed by atoms with Crippen molar-refractivity contribution in [1.82, 2.24) is 15.1 Å². The molecule has 3 atom stereocenters. The predicted molar refractivity (Wildman–Crippen MR) is 141 cm³/mol. The number of carbonyl (C=O) groups excluding carboxylic acids is 2. The van der Waals surface area contributed by atoms with Crippen molar-refractivity contribution < 1.29 is 14.0 Å². The van der Waals surface area contributed by atoms with Gasteiger partial charge >= 0.3 is 0 Å². The quantitative estimate of drug-likeness (QED) is 0.448. The van der Waals surface area contributed by atoms with Crippen molar-refractivity contribution in [1.29, 1.82) is 0 Å². The van der Waals surface area contributed by atoms with E-state index < -0.39 is 5.82 Å². The molecule has 0 bridgehead atoms. The first-order chi connectivity index (χ1) is 17.5. The first-order valence-corrected chi connectivity index (χ1v) is 13.6. The first kappa shape index (κ1) is 24.9. The number of carbonyl (C=O) groups is 2. The van der Waals surface area contributed by atoms with Gasteiger partial charge in [-0.25, -0.2) is 4.39 Å². The number of nitrogens with zero attached hydrogens (tertiary/aromatic N) is 2. The zero-order valence-corrected chi connectivity index (χ0v) is 21.5. The summed E-state index contributed by atoms with van der Waals surface area (Å²) in [7, 11) is 0. The monoisotopic (exact) mass is 525 g/mol. The number of halogens is 2. The molecule has 2 unspecified atom stereocenters. The van der Waals surface area contributed by atoms with Crippen LogP contribution in [-0.2, 0) is 11.2 Å². The third-order valence-electron chi connectivity index (χ3n) is 7.21. The van der Waals surface area contributed by atoms with Crippen LogP contribution in [0.5, 0.6) is 0 Å². The van der Waals surface area contributed by atoms with E-state index in [1.807, 2.05) is 35.7 Å². The van der Waals surface area contributed by atoms with Gasteiger partial charge in [0.2, 0.25) is 5.91 Å². The van der Waals surface area contributed by atoms with E-state index in [-0.39, 0.29) is 28.4 Å². The van der Waals surface area contributed by atoms with Crippen LogP contribution < -0.4 is 5.32 Å². The SMILES string of the molecule is O=C(Cc1cccs1)NC(CCN1CC2CN(C(=O)c3c(F)cccc3Cl)C[C@@H]2C1)c1ccccc1. The molecule has 1 N–H and O–H groups in total. The van der Waals surface area contributed by atoms with Crippen molar-refractivity contribution in [2.75, 3.05) is 32.7 Å². The maximum atomic E-state index is 14.2. The van der Waals surface area contributed by atoms with Gasteiger partial charge < -0.3 is 15.1 Å². The molecule has 3 heterocycles. The lowest BCUT2D eigenvalue weighted by Gasteiger charge is -2.25. The van der Waals surface area contributed by atoms with Crippen LogP contribution in [0.1, 0.15) is 33.3 Å². The second-order valence-corrected chi connectivity index (χ2v) is 11.1. The second-order valence-electron chi connectivity index (χ2n) is 9.66. The van der Waals surface area contributed by atoms with E-state index in [0.29, 0.717) is 31.3 Å². The average Bonchev–Trinajstić information content (AvgIpc) is 3.59. The summed E-state index contributed by atoms with van der Waals surface area (Å²) in [6.45, 7) is 3.88. The molecule has 1 aromatic heterocycles. The lowest BCUT2D eigenvalue weighted by Crippen LogP contribution is -2.36. The maximum Gasteiger partial charge on any atom is 0.258 e. The van der Waals surface area contributed by atoms with Crippen molar-refractivity contribution in [3.05, 3.63) is 92.9 Å². The highest BCUT2D eigenvalue weighted by Gasteiger charge is 2.42. The van der Waals surface area contributed by atoms with Crippen LogP contribution in [0.4, 0.5) is 4.39 Å². The Kier molecular flexibility index (Phi) is 7.70. The number of hydrogen-bond donors (Lipinski definition) is 1. The number of fused-ring (bicyclic) bond motifs is 1. The smallest absolute Gasteiger partial charge is 0.258 e. The molecule has 188 valence electrons. The molecule has 0 aliphatic carbocycles. The molecular formula is C28H29ClFN3O2S. The molecule has 0 saturated carbocycles. The van der Waals surface area contributed by atoms with Gasteiger partial charge in [-0.1, -0.05) is 54.1 Å². The van der Waals surface area contributed by atoms with E-state index in [9.17, 15) is 14.0 Å².